The third kappa shape index (κ3) is 9.51. The molecule has 0 atom stereocenters. The minimum atomic E-state index is 0.558. The molecule has 1 aromatic heterocycles. The number of rotatable bonds is 15. The van der Waals surface area contributed by atoms with Crippen molar-refractivity contribution in [3.63, 3.8) is 0 Å². The number of hydrogen-bond donors (Lipinski definition) is 0. The molecule has 0 radical (unpaired) electrons. The monoisotopic (exact) mass is 524 g/mol. The van der Waals surface area contributed by atoms with E-state index in [1.54, 1.807) is 12.8 Å². The van der Waals surface area contributed by atoms with Gasteiger partial charge >= 0.3 is 0 Å². The number of unbranched alkanes of at least 4 members (excludes halogenated alkanes) is 7. The Hall–Kier alpha value is -1.12. The van der Waals surface area contributed by atoms with Crippen LogP contribution in [-0.2, 0) is 0 Å². The molecule has 0 bridgehead atoms. The molecular formula is C35H60N2O. The Morgan fingerprint density at radius 1 is 0.579 bits per heavy atom. The van der Waals surface area contributed by atoms with E-state index >= 15 is 0 Å². The first kappa shape index (κ1) is 29.9. The minimum absolute atomic E-state index is 0.558. The van der Waals surface area contributed by atoms with Crippen LogP contribution in [0.25, 0.3) is 0 Å². The fraction of sp³-hybridized carbons (Fsp3) is 0.886. The van der Waals surface area contributed by atoms with Crippen molar-refractivity contribution in [2.45, 2.75) is 161 Å². The largest absolute Gasteiger partial charge is 0.490 e. The Labute approximate surface area is 235 Å². The van der Waals surface area contributed by atoms with E-state index in [0.29, 0.717) is 5.92 Å². The van der Waals surface area contributed by atoms with Crippen LogP contribution in [0.2, 0.25) is 0 Å². The summed E-state index contributed by atoms with van der Waals surface area (Å²) in [5, 5.41) is 0. The molecule has 0 aromatic carbocycles. The van der Waals surface area contributed by atoms with Crippen LogP contribution in [0.5, 0.6) is 5.75 Å². The molecule has 3 nitrogen and oxygen atoms in total. The lowest BCUT2D eigenvalue weighted by atomic mass is 9.65. The van der Waals surface area contributed by atoms with Crippen LogP contribution in [-0.4, -0.2) is 16.6 Å². The highest BCUT2D eigenvalue weighted by molar-refractivity contribution is 5.14. The Balaban J connectivity index is 1.09. The van der Waals surface area contributed by atoms with Crippen LogP contribution in [0.3, 0.4) is 0 Å². The smallest absolute Gasteiger partial charge is 0.155 e. The lowest BCUT2D eigenvalue weighted by molar-refractivity contribution is 0.108. The molecular weight excluding hydrogens is 464 g/mol. The molecule has 0 N–H and O–H groups in total. The maximum absolute atomic E-state index is 5.90. The van der Waals surface area contributed by atoms with Crippen LogP contribution < -0.4 is 4.74 Å². The second-order valence-corrected chi connectivity index (χ2v) is 13.5. The molecule has 3 fully saturated rings. The standard InChI is InChI=1S/C35H60N2O/c1-3-5-7-8-9-11-25-38-34-26-36-35(37-27-34)33-23-21-32(22-24-33)31-19-17-30(18-20-31)29-15-13-28(14-16-29)12-10-6-4-2/h26-33H,3-25H2,1-2H3/t28-,29-,30-,31-,32-,33-. The maximum Gasteiger partial charge on any atom is 0.155 e. The van der Waals surface area contributed by atoms with Crippen molar-refractivity contribution in [1.29, 1.82) is 0 Å². The maximum atomic E-state index is 5.90. The Kier molecular flexibility index (Phi) is 13.2. The van der Waals surface area contributed by atoms with E-state index in [9.17, 15) is 0 Å². The van der Waals surface area contributed by atoms with Crippen molar-refractivity contribution in [3.05, 3.63) is 18.2 Å². The van der Waals surface area contributed by atoms with E-state index in [4.69, 9.17) is 14.7 Å². The molecule has 3 aliphatic rings. The zero-order valence-electron chi connectivity index (χ0n) is 25.2. The summed E-state index contributed by atoms with van der Waals surface area (Å²) >= 11 is 0. The topological polar surface area (TPSA) is 35.0 Å². The van der Waals surface area contributed by atoms with Crippen molar-refractivity contribution < 1.29 is 4.74 Å². The molecule has 216 valence electrons. The van der Waals surface area contributed by atoms with Crippen molar-refractivity contribution in [2.24, 2.45) is 29.6 Å². The van der Waals surface area contributed by atoms with Gasteiger partial charge in [0.2, 0.25) is 0 Å². The van der Waals surface area contributed by atoms with Crippen LogP contribution in [0.4, 0.5) is 0 Å². The average molecular weight is 525 g/mol. The van der Waals surface area contributed by atoms with E-state index in [0.717, 1.165) is 54.2 Å². The van der Waals surface area contributed by atoms with Gasteiger partial charge < -0.3 is 4.74 Å². The SMILES string of the molecule is CCCCCCCCOc1cnc([C@H]2CC[C@H]([C@H]3CC[C@H]([C@H]4CC[C@H](CCCCC)CC4)CC3)CC2)nc1. The zero-order valence-corrected chi connectivity index (χ0v) is 25.2. The summed E-state index contributed by atoms with van der Waals surface area (Å²) in [5.41, 5.74) is 0. The van der Waals surface area contributed by atoms with Crippen LogP contribution in [0.15, 0.2) is 12.4 Å². The van der Waals surface area contributed by atoms with E-state index in [1.807, 2.05) is 12.4 Å². The van der Waals surface area contributed by atoms with Gasteiger partial charge in [0.1, 0.15) is 5.82 Å². The summed E-state index contributed by atoms with van der Waals surface area (Å²) in [6, 6.07) is 0. The summed E-state index contributed by atoms with van der Waals surface area (Å²) < 4.78 is 5.90. The highest BCUT2D eigenvalue weighted by Gasteiger charge is 2.35. The lowest BCUT2D eigenvalue weighted by Crippen LogP contribution is -2.29. The fourth-order valence-corrected chi connectivity index (χ4v) is 8.25. The predicted octanol–water partition coefficient (Wildman–Crippen LogP) is 10.7. The first-order valence-corrected chi connectivity index (χ1v) is 17.2. The molecule has 0 spiro atoms. The Morgan fingerprint density at radius 2 is 1.05 bits per heavy atom. The minimum Gasteiger partial charge on any atom is -0.490 e. The highest BCUT2D eigenvalue weighted by atomic mass is 16.5. The van der Waals surface area contributed by atoms with Gasteiger partial charge in [0.05, 0.1) is 19.0 Å². The van der Waals surface area contributed by atoms with Gasteiger partial charge in [-0.2, -0.15) is 0 Å². The van der Waals surface area contributed by atoms with Gasteiger partial charge in [-0.3, -0.25) is 0 Å². The summed E-state index contributed by atoms with van der Waals surface area (Å²) in [7, 11) is 0. The summed E-state index contributed by atoms with van der Waals surface area (Å²) in [6.45, 7) is 5.40. The summed E-state index contributed by atoms with van der Waals surface area (Å²) in [5.74, 6) is 7.59. The highest BCUT2D eigenvalue weighted by Crippen LogP contribution is 2.47. The van der Waals surface area contributed by atoms with E-state index in [1.165, 1.54) is 122 Å². The normalized spacial score (nSPS) is 30.3. The molecule has 38 heavy (non-hydrogen) atoms. The molecule has 0 amide bonds. The molecule has 1 heterocycles. The molecule has 4 rings (SSSR count). The molecule has 1 aromatic rings. The second kappa shape index (κ2) is 16.9. The Morgan fingerprint density at radius 3 is 1.63 bits per heavy atom. The number of nitrogens with zero attached hydrogens (tertiary/aromatic N) is 2. The van der Waals surface area contributed by atoms with Crippen LogP contribution in [0, 0.1) is 29.6 Å². The van der Waals surface area contributed by atoms with Gasteiger partial charge in [-0.1, -0.05) is 84.5 Å². The van der Waals surface area contributed by atoms with E-state index in [-0.39, 0.29) is 0 Å². The first-order valence-electron chi connectivity index (χ1n) is 17.2. The summed E-state index contributed by atoms with van der Waals surface area (Å²) in [4.78, 5) is 9.46. The van der Waals surface area contributed by atoms with Gasteiger partial charge in [0.15, 0.2) is 5.75 Å². The molecule has 0 aliphatic heterocycles. The molecule has 0 saturated heterocycles. The third-order valence-electron chi connectivity index (χ3n) is 10.8. The summed E-state index contributed by atoms with van der Waals surface area (Å²) in [6.07, 6.45) is 35.0. The fourth-order valence-electron chi connectivity index (χ4n) is 8.25. The van der Waals surface area contributed by atoms with Crippen LogP contribution in [0.1, 0.15) is 167 Å². The van der Waals surface area contributed by atoms with Gasteiger partial charge in [-0.05, 0) is 100 Å². The number of hydrogen-bond acceptors (Lipinski definition) is 3. The number of aromatic nitrogens is 2. The molecule has 0 unspecified atom stereocenters. The van der Waals surface area contributed by atoms with Crippen molar-refractivity contribution in [3.8, 4) is 5.75 Å². The molecule has 3 saturated carbocycles. The van der Waals surface area contributed by atoms with Crippen molar-refractivity contribution >= 4 is 0 Å². The Bertz CT molecular complexity index is 725. The van der Waals surface area contributed by atoms with Crippen molar-refractivity contribution in [1.82, 2.24) is 9.97 Å². The molecule has 3 heteroatoms. The quantitative estimate of drug-likeness (QED) is 0.214. The van der Waals surface area contributed by atoms with E-state index in [2.05, 4.69) is 13.8 Å². The third-order valence-corrected chi connectivity index (χ3v) is 10.8. The van der Waals surface area contributed by atoms with Crippen molar-refractivity contribution in [2.75, 3.05) is 6.61 Å². The second-order valence-electron chi connectivity index (χ2n) is 13.5. The van der Waals surface area contributed by atoms with Gasteiger partial charge in [-0.15, -0.1) is 0 Å². The molecule has 3 aliphatic carbocycles. The van der Waals surface area contributed by atoms with Gasteiger partial charge in [0, 0.05) is 5.92 Å². The number of ether oxygens (including phenoxy) is 1. The van der Waals surface area contributed by atoms with E-state index < -0.39 is 0 Å². The average Bonchev–Trinajstić information content (AvgIpc) is 2.98. The van der Waals surface area contributed by atoms with Crippen LogP contribution >= 0.6 is 0 Å². The van der Waals surface area contributed by atoms with Gasteiger partial charge in [0.25, 0.3) is 0 Å². The zero-order chi connectivity index (χ0) is 26.4. The predicted molar refractivity (Wildman–Crippen MR) is 161 cm³/mol. The lowest BCUT2D eigenvalue weighted by Gasteiger charge is -2.41. The first-order chi connectivity index (χ1) is 18.8. The van der Waals surface area contributed by atoms with Gasteiger partial charge in [-0.25, -0.2) is 9.97 Å².